The van der Waals surface area contributed by atoms with Gasteiger partial charge in [-0.25, -0.2) is 9.59 Å². The first-order valence-electron chi connectivity index (χ1n) is 10.3. The monoisotopic (exact) mass is 474 g/mol. The van der Waals surface area contributed by atoms with Gasteiger partial charge in [0.1, 0.15) is 11.5 Å². The number of carboxylic acids is 2. The summed E-state index contributed by atoms with van der Waals surface area (Å²) in [5, 5.41) is 38.2. The molecule has 0 saturated heterocycles. The number of nitrogens with one attached hydrogen (secondary N) is 1. The molecule has 0 bridgehead atoms. The Balaban J connectivity index is 0.000000620. The van der Waals surface area contributed by atoms with Crippen molar-refractivity contribution in [1.82, 2.24) is 4.90 Å². The average Bonchev–Trinajstić information content (AvgIpc) is 2.80. The molecule has 2 aromatic carbocycles. The Kier molecular flexibility index (Phi) is 11.8. The van der Waals surface area contributed by atoms with Gasteiger partial charge in [-0.05, 0) is 55.8 Å². The van der Waals surface area contributed by atoms with Crippen molar-refractivity contribution in [2.45, 2.75) is 25.5 Å². The van der Waals surface area contributed by atoms with Crippen LogP contribution in [0.2, 0.25) is 0 Å². The number of aromatic hydroxyl groups is 1. The van der Waals surface area contributed by atoms with Crippen molar-refractivity contribution >= 4 is 24.0 Å². The summed E-state index contributed by atoms with van der Waals surface area (Å²) in [5.74, 6) is -1.72. The van der Waals surface area contributed by atoms with Crippen LogP contribution in [0.1, 0.15) is 24.2 Å². The summed E-state index contributed by atoms with van der Waals surface area (Å²) in [5.41, 5.74) is 2.11. The van der Waals surface area contributed by atoms with E-state index in [-0.39, 0.29) is 17.5 Å². The normalized spacial score (nSPS) is 12.4. The van der Waals surface area contributed by atoms with Crippen molar-refractivity contribution < 1.29 is 39.5 Å². The zero-order chi connectivity index (χ0) is 25.7. The number of ether oxygens (including phenoxy) is 1. The van der Waals surface area contributed by atoms with Crippen LogP contribution < -0.4 is 10.1 Å². The van der Waals surface area contributed by atoms with Crippen LogP contribution >= 0.6 is 0 Å². The molecule has 34 heavy (non-hydrogen) atoms. The Labute approximate surface area is 197 Å². The zero-order valence-electron chi connectivity index (χ0n) is 19.2. The number of likely N-dealkylation sites (N-methyl/N-ethyl adjacent to an activating group) is 1. The Bertz CT molecular complexity index is 959. The lowest BCUT2D eigenvalue weighted by molar-refractivity contribution is -0.134. The molecule has 184 valence electrons. The minimum atomic E-state index is -1.26. The van der Waals surface area contributed by atoms with Gasteiger partial charge in [0, 0.05) is 24.7 Å². The lowest BCUT2D eigenvalue weighted by atomic mass is 10.0. The van der Waals surface area contributed by atoms with Gasteiger partial charge < -0.3 is 35.4 Å². The molecule has 0 aliphatic rings. The highest BCUT2D eigenvalue weighted by atomic mass is 16.5. The van der Waals surface area contributed by atoms with Crippen LogP contribution in [0, 0.1) is 0 Å². The molecule has 0 saturated carbocycles. The molecule has 5 N–H and O–H groups in total. The fraction of sp³-hybridized carbons (Fsp3) is 0.292. The van der Waals surface area contributed by atoms with Gasteiger partial charge in [-0.1, -0.05) is 18.2 Å². The minimum Gasteiger partial charge on any atom is -0.506 e. The fourth-order valence-electron chi connectivity index (χ4n) is 2.90. The predicted molar refractivity (Wildman–Crippen MR) is 126 cm³/mol. The molecule has 0 spiro atoms. The first-order valence-corrected chi connectivity index (χ1v) is 10.3. The first-order chi connectivity index (χ1) is 16.1. The fourth-order valence-corrected chi connectivity index (χ4v) is 2.90. The lowest BCUT2D eigenvalue weighted by Crippen LogP contribution is -2.34. The van der Waals surface area contributed by atoms with Crippen LogP contribution in [0.5, 0.6) is 11.5 Å². The number of aliphatic carboxylic acids is 2. The average molecular weight is 475 g/mol. The van der Waals surface area contributed by atoms with Gasteiger partial charge in [-0.15, -0.1) is 0 Å². The summed E-state index contributed by atoms with van der Waals surface area (Å²) < 4.78 is 5.17. The van der Waals surface area contributed by atoms with Crippen LogP contribution in [0.15, 0.2) is 54.6 Å². The van der Waals surface area contributed by atoms with Gasteiger partial charge in [0.2, 0.25) is 6.41 Å². The summed E-state index contributed by atoms with van der Waals surface area (Å²) >= 11 is 0. The number of rotatable bonds is 11. The smallest absolute Gasteiger partial charge is 0.328 e. The number of phenolic OH excluding ortho intramolecular Hbond substituents is 1. The van der Waals surface area contributed by atoms with Gasteiger partial charge in [0.15, 0.2) is 0 Å². The summed E-state index contributed by atoms with van der Waals surface area (Å²) in [7, 11) is 3.61. The molecule has 0 heterocycles. The molecule has 2 atom stereocenters. The predicted octanol–water partition coefficient (Wildman–Crippen LogP) is 2.28. The highest BCUT2D eigenvalue weighted by molar-refractivity contribution is 5.89. The minimum absolute atomic E-state index is 0.0331. The Hall–Kier alpha value is -3.89. The maximum atomic E-state index is 10.6. The molecule has 0 aliphatic carbocycles. The van der Waals surface area contributed by atoms with Gasteiger partial charge in [0.25, 0.3) is 0 Å². The van der Waals surface area contributed by atoms with E-state index in [1.165, 1.54) is 11.6 Å². The van der Waals surface area contributed by atoms with Crippen molar-refractivity contribution in [1.29, 1.82) is 0 Å². The molecular formula is C24H30N2O8. The summed E-state index contributed by atoms with van der Waals surface area (Å²) in [6.07, 6.45) is 1.73. The lowest BCUT2D eigenvalue weighted by Gasteiger charge is -2.27. The van der Waals surface area contributed by atoms with Gasteiger partial charge in [-0.2, -0.15) is 0 Å². The molecular weight excluding hydrogens is 444 g/mol. The molecule has 10 heteroatoms. The van der Waals surface area contributed by atoms with Crippen LogP contribution in [0.4, 0.5) is 5.69 Å². The van der Waals surface area contributed by atoms with Crippen LogP contribution in [-0.4, -0.2) is 70.4 Å². The van der Waals surface area contributed by atoms with E-state index in [0.717, 1.165) is 12.2 Å². The highest BCUT2D eigenvalue weighted by Gasteiger charge is 2.17. The van der Waals surface area contributed by atoms with Crippen LogP contribution in [0.3, 0.4) is 0 Å². The SMILES string of the molecule is COc1ccc(C[C@H](C)N(C)C[C@@H](O)c2ccc(O)c(NC=O)c2)cc1.O=C(O)/C=C/C(=O)O. The Morgan fingerprint density at radius 2 is 1.68 bits per heavy atom. The molecule has 0 fully saturated rings. The molecule has 0 aliphatic heterocycles. The molecule has 10 nitrogen and oxygen atoms in total. The standard InChI is InChI=1S/C20H26N2O4.C4H4O4/c1-14(10-15-4-7-17(26-3)8-5-15)22(2)12-20(25)16-6-9-19(24)18(11-16)21-13-23;5-3(6)1-2-4(7)8/h4-9,11,13-14,20,24-25H,10,12H2,1-3H3,(H,21,23);1-2H,(H,5,6)(H,7,8)/b;2-1+/t14-,20+;/m0./s1. The van der Waals surface area contributed by atoms with Gasteiger partial charge in [-0.3, -0.25) is 4.79 Å². The number of carboxylic acid groups (broad SMARTS) is 2. The second kappa shape index (κ2) is 14.3. The number of anilines is 1. The summed E-state index contributed by atoms with van der Waals surface area (Å²) in [6, 6.07) is 12.9. The topological polar surface area (TPSA) is 157 Å². The molecule has 1 amide bonds. The van der Waals surface area contributed by atoms with E-state index >= 15 is 0 Å². The third-order valence-electron chi connectivity index (χ3n) is 4.89. The van der Waals surface area contributed by atoms with Crippen LogP contribution in [0.25, 0.3) is 0 Å². The number of carbonyl (C=O) groups excluding carboxylic acids is 1. The summed E-state index contributed by atoms with van der Waals surface area (Å²) in [4.78, 5) is 31.8. The van der Waals surface area contributed by atoms with E-state index in [1.807, 2.05) is 31.3 Å². The largest absolute Gasteiger partial charge is 0.506 e. The number of hydrogen-bond donors (Lipinski definition) is 5. The Morgan fingerprint density at radius 1 is 1.09 bits per heavy atom. The number of carbonyl (C=O) groups is 3. The van der Waals surface area contributed by atoms with E-state index in [2.05, 4.69) is 17.1 Å². The quantitative estimate of drug-likeness (QED) is 0.187. The van der Waals surface area contributed by atoms with Crippen molar-refractivity contribution in [3.8, 4) is 11.5 Å². The number of amides is 1. The van der Waals surface area contributed by atoms with E-state index in [9.17, 15) is 24.6 Å². The maximum Gasteiger partial charge on any atom is 0.328 e. The van der Waals surface area contributed by atoms with Crippen molar-refractivity contribution in [3.05, 3.63) is 65.7 Å². The molecule has 2 rings (SSSR count). The second-order valence-electron chi connectivity index (χ2n) is 7.41. The molecule has 0 radical (unpaired) electrons. The maximum absolute atomic E-state index is 10.6. The number of hydrogen-bond acceptors (Lipinski definition) is 7. The number of aliphatic hydroxyl groups is 1. The third-order valence-corrected chi connectivity index (χ3v) is 4.89. The molecule has 2 aromatic rings. The van der Waals surface area contributed by atoms with E-state index in [1.54, 1.807) is 19.2 Å². The third kappa shape index (κ3) is 10.2. The molecule has 0 aromatic heterocycles. The number of phenols is 1. The highest BCUT2D eigenvalue weighted by Crippen LogP contribution is 2.27. The first kappa shape index (κ1) is 28.1. The number of aliphatic hydroxyl groups excluding tert-OH is 1. The van der Waals surface area contributed by atoms with E-state index in [0.29, 0.717) is 30.7 Å². The van der Waals surface area contributed by atoms with Crippen molar-refractivity contribution in [2.75, 3.05) is 26.0 Å². The van der Waals surface area contributed by atoms with Gasteiger partial charge >= 0.3 is 11.9 Å². The number of nitrogens with zero attached hydrogens (tertiary/aromatic N) is 1. The number of methoxy groups -OCH3 is 1. The van der Waals surface area contributed by atoms with E-state index < -0.39 is 18.0 Å². The summed E-state index contributed by atoms with van der Waals surface area (Å²) in [6.45, 7) is 2.54. The Morgan fingerprint density at radius 3 is 2.18 bits per heavy atom. The van der Waals surface area contributed by atoms with Crippen LogP contribution in [-0.2, 0) is 20.8 Å². The number of benzene rings is 2. The van der Waals surface area contributed by atoms with Crippen molar-refractivity contribution in [2.24, 2.45) is 0 Å². The second-order valence-corrected chi connectivity index (χ2v) is 7.41. The van der Waals surface area contributed by atoms with Gasteiger partial charge in [0.05, 0.1) is 18.9 Å². The molecule has 0 unspecified atom stereocenters. The van der Waals surface area contributed by atoms with Crippen molar-refractivity contribution in [3.63, 3.8) is 0 Å². The van der Waals surface area contributed by atoms with E-state index in [4.69, 9.17) is 14.9 Å². The zero-order valence-corrected chi connectivity index (χ0v) is 19.2.